The zero-order chi connectivity index (χ0) is 14.1. The Morgan fingerprint density at radius 2 is 1.84 bits per heavy atom. The van der Waals surface area contributed by atoms with Gasteiger partial charge in [0.15, 0.2) is 0 Å². The Bertz CT molecular complexity index is 404. The smallest absolute Gasteiger partial charge is 0.226 e. The third-order valence-electron chi connectivity index (χ3n) is 2.89. The van der Waals surface area contributed by atoms with Crippen LogP contribution in [0.3, 0.4) is 0 Å². The molecule has 0 aliphatic rings. The van der Waals surface area contributed by atoms with E-state index in [9.17, 15) is 9.59 Å². The Morgan fingerprint density at radius 3 is 2.42 bits per heavy atom. The summed E-state index contributed by atoms with van der Waals surface area (Å²) in [6.07, 6.45) is 2.35. The molecule has 0 bridgehead atoms. The van der Waals surface area contributed by atoms with Crippen LogP contribution in [0.1, 0.15) is 33.1 Å². The van der Waals surface area contributed by atoms with Crippen LogP contribution in [0.5, 0.6) is 0 Å². The van der Waals surface area contributed by atoms with Crippen molar-refractivity contribution in [2.24, 2.45) is 0 Å². The van der Waals surface area contributed by atoms with E-state index in [0.29, 0.717) is 13.0 Å². The SMILES string of the molecule is CCCCN(CCC(=O)Nc1ccccc1)C(C)=O. The largest absolute Gasteiger partial charge is 0.342 e. The van der Waals surface area contributed by atoms with Gasteiger partial charge in [-0.3, -0.25) is 9.59 Å². The van der Waals surface area contributed by atoms with Crippen molar-refractivity contribution in [3.8, 4) is 0 Å². The van der Waals surface area contributed by atoms with E-state index in [0.717, 1.165) is 25.1 Å². The summed E-state index contributed by atoms with van der Waals surface area (Å²) >= 11 is 0. The quantitative estimate of drug-likeness (QED) is 0.821. The van der Waals surface area contributed by atoms with E-state index in [1.807, 2.05) is 30.3 Å². The number of rotatable bonds is 7. The molecule has 0 fully saturated rings. The minimum absolute atomic E-state index is 0.0287. The monoisotopic (exact) mass is 262 g/mol. The molecule has 0 radical (unpaired) electrons. The van der Waals surface area contributed by atoms with Gasteiger partial charge >= 0.3 is 0 Å². The van der Waals surface area contributed by atoms with E-state index in [-0.39, 0.29) is 11.8 Å². The highest BCUT2D eigenvalue weighted by molar-refractivity contribution is 5.91. The summed E-state index contributed by atoms with van der Waals surface area (Å²) in [7, 11) is 0. The fourth-order valence-corrected chi connectivity index (χ4v) is 1.76. The Balaban J connectivity index is 2.37. The van der Waals surface area contributed by atoms with Crippen molar-refractivity contribution >= 4 is 17.5 Å². The van der Waals surface area contributed by atoms with E-state index in [4.69, 9.17) is 0 Å². The van der Waals surface area contributed by atoms with Crippen LogP contribution in [0.15, 0.2) is 30.3 Å². The molecule has 4 heteroatoms. The standard InChI is InChI=1S/C15H22N2O2/c1-3-4-11-17(13(2)18)12-10-15(19)16-14-8-6-5-7-9-14/h5-9H,3-4,10-12H2,1-2H3,(H,16,19). The lowest BCUT2D eigenvalue weighted by Crippen LogP contribution is -2.32. The molecule has 1 N–H and O–H groups in total. The van der Waals surface area contributed by atoms with E-state index in [2.05, 4.69) is 12.2 Å². The number of hydrogen-bond acceptors (Lipinski definition) is 2. The lowest BCUT2D eigenvalue weighted by molar-refractivity contribution is -0.129. The second-order valence-corrected chi connectivity index (χ2v) is 4.52. The van der Waals surface area contributed by atoms with Gasteiger partial charge in [-0.1, -0.05) is 31.5 Å². The lowest BCUT2D eigenvalue weighted by atomic mass is 10.2. The molecule has 104 valence electrons. The molecule has 4 nitrogen and oxygen atoms in total. The second-order valence-electron chi connectivity index (χ2n) is 4.52. The highest BCUT2D eigenvalue weighted by atomic mass is 16.2. The molecule has 0 saturated heterocycles. The third-order valence-corrected chi connectivity index (χ3v) is 2.89. The van der Waals surface area contributed by atoms with Crippen LogP contribution in [-0.4, -0.2) is 29.8 Å². The summed E-state index contributed by atoms with van der Waals surface area (Å²) in [5.74, 6) is -0.0325. The highest BCUT2D eigenvalue weighted by Crippen LogP contribution is 2.06. The number of anilines is 1. The van der Waals surface area contributed by atoms with Crippen molar-refractivity contribution in [2.45, 2.75) is 33.1 Å². The number of nitrogens with zero attached hydrogens (tertiary/aromatic N) is 1. The van der Waals surface area contributed by atoms with Crippen LogP contribution in [-0.2, 0) is 9.59 Å². The molecule has 0 aromatic heterocycles. The topological polar surface area (TPSA) is 49.4 Å². The van der Waals surface area contributed by atoms with E-state index >= 15 is 0 Å². The second kappa shape index (κ2) is 8.29. The van der Waals surface area contributed by atoms with Crippen LogP contribution in [0.25, 0.3) is 0 Å². The third kappa shape index (κ3) is 6.04. The van der Waals surface area contributed by atoms with Gasteiger partial charge in [0, 0.05) is 32.1 Å². The number of hydrogen-bond donors (Lipinski definition) is 1. The van der Waals surface area contributed by atoms with Gasteiger partial charge in [-0.15, -0.1) is 0 Å². The fraction of sp³-hybridized carbons (Fsp3) is 0.467. The van der Waals surface area contributed by atoms with Gasteiger partial charge in [-0.25, -0.2) is 0 Å². The maximum absolute atomic E-state index is 11.8. The Morgan fingerprint density at radius 1 is 1.16 bits per heavy atom. The van der Waals surface area contributed by atoms with Gasteiger partial charge in [0.1, 0.15) is 0 Å². The first-order valence-corrected chi connectivity index (χ1v) is 6.74. The van der Waals surface area contributed by atoms with Gasteiger partial charge in [0.2, 0.25) is 11.8 Å². The molecule has 1 rings (SSSR count). The summed E-state index contributed by atoms with van der Waals surface area (Å²) < 4.78 is 0. The van der Waals surface area contributed by atoms with Crippen molar-refractivity contribution in [1.82, 2.24) is 4.90 Å². The number of para-hydroxylation sites is 1. The molecule has 0 unspecified atom stereocenters. The summed E-state index contributed by atoms with van der Waals surface area (Å²) in [6.45, 7) is 4.84. The van der Waals surface area contributed by atoms with Crippen LogP contribution in [0.4, 0.5) is 5.69 Å². The van der Waals surface area contributed by atoms with E-state index in [1.54, 1.807) is 11.8 Å². The Labute approximate surface area is 114 Å². The molecular formula is C15H22N2O2. The molecule has 19 heavy (non-hydrogen) atoms. The van der Waals surface area contributed by atoms with Gasteiger partial charge in [0.25, 0.3) is 0 Å². The number of benzene rings is 1. The number of nitrogens with one attached hydrogen (secondary N) is 1. The molecule has 0 heterocycles. The van der Waals surface area contributed by atoms with Crippen LogP contribution >= 0.6 is 0 Å². The van der Waals surface area contributed by atoms with Crippen molar-refractivity contribution in [3.63, 3.8) is 0 Å². The maximum Gasteiger partial charge on any atom is 0.226 e. The molecule has 0 spiro atoms. The van der Waals surface area contributed by atoms with E-state index < -0.39 is 0 Å². The normalized spacial score (nSPS) is 10.0. The zero-order valence-corrected chi connectivity index (χ0v) is 11.7. The van der Waals surface area contributed by atoms with Crippen molar-refractivity contribution in [3.05, 3.63) is 30.3 Å². The first-order chi connectivity index (χ1) is 9.13. The van der Waals surface area contributed by atoms with Gasteiger partial charge in [-0.2, -0.15) is 0 Å². The van der Waals surface area contributed by atoms with Crippen molar-refractivity contribution < 1.29 is 9.59 Å². The van der Waals surface area contributed by atoms with Crippen molar-refractivity contribution in [1.29, 1.82) is 0 Å². The summed E-state index contributed by atoms with van der Waals surface area (Å²) in [4.78, 5) is 24.9. The lowest BCUT2D eigenvalue weighted by Gasteiger charge is -2.20. The molecule has 2 amide bonds. The first kappa shape index (κ1) is 15.2. The molecule has 1 aromatic carbocycles. The first-order valence-electron chi connectivity index (χ1n) is 6.74. The van der Waals surface area contributed by atoms with Crippen LogP contribution < -0.4 is 5.32 Å². The molecule has 0 saturated carbocycles. The average Bonchev–Trinajstić information content (AvgIpc) is 2.39. The van der Waals surface area contributed by atoms with Crippen molar-refractivity contribution in [2.75, 3.05) is 18.4 Å². The highest BCUT2D eigenvalue weighted by Gasteiger charge is 2.10. The Kier molecular flexibility index (Phi) is 6.64. The Hall–Kier alpha value is -1.84. The van der Waals surface area contributed by atoms with Crippen LogP contribution in [0.2, 0.25) is 0 Å². The molecule has 0 atom stereocenters. The van der Waals surface area contributed by atoms with E-state index in [1.165, 1.54) is 0 Å². The minimum atomic E-state index is -0.0612. The number of unbranched alkanes of at least 4 members (excludes halogenated alkanes) is 1. The molecule has 0 aliphatic heterocycles. The average molecular weight is 262 g/mol. The molecule has 1 aromatic rings. The summed E-state index contributed by atoms with van der Waals surface area (Å²) in [5, 5.41) is 2.82. The minimum Gasteiger partial charge on any atom is -0.342 e. The predicted octanol–water partition coefficient (Wildman–Crippen LogP) is 2.66. The van der Waals surface area contributed by atoms with Gasteiger partial charge in [0.05, 0.1) is 0 Å². The number of carbonyl (C=O) groups is 2. The fourth-order valence-electron chi connectivity index (χ4n) is 1.76. The number of amides is 2. The molecule has 0 aliphatic carbocycles. The summed E-state index contributed by atoms with van der Waals surface area (Å²) in [6, 6.07) is 9.34. The van der Waals surface area contributed by atoms with Crippen LogP contribution in [0, 0.1) is 0 Å². The van der Waals surface area contributed by atoms with Gasteiger partial charge < -0.3 is 10.2 Å². The molecular weight excluding hydrogens is 240 g/mol. The predicted molar refractivity (Wildman–Crippen MR) is 76.9 cm³/mol. The summed E-state index contributed by atoms with van der Waals surface area (Å²) in [5.41, 5.74) is 0.787. The maximum atomic E-state index is 11.8. The zero-order valence-electron chi connectivity index (χ0n) is 11.7. The number of carbonyl (C=O) groups excluding carboxylic acids is 2. The van der Waals surface area contributed by atoms with Gasteiger partial charge in [-0.05, 0) is 18.6 Å².